The Morgan fingerprint density at radius 1 is 1.75 bits per heavy atom. The Morgan fingerprint density at radius 2 is 2.33 bits per heavy atom. The number of ether oxygens (including phenoxy) is 1. The maximum Gasteiger partial charge on any atom is 0.333 e. The van der Waals surface area contributed by atoms with E-state index in [2.05, 4.69) is 19.2 Å². The van der Waals surface area contributed by atoms with Crippen LogP contribution in [0.2, 0.25) is 0 Å². The third kappa shape index (κ3) is 6.61. The van der Waals surface area contributed by atoms with Crippen LogP contribution in [0.4, 0.5) is 0 Å². The maximum atomic E-state index is 10.8. The van der Waals surface area contributed by atoms with Crippen LogP contribution in [-0.2, 0) is 9.53 Å². The average Bonchev–Trinajstić information content (AvgIpc) is 1.97. The van der Waals surface area contributed by atoms with Crippen molar-refractivity contribution in [3.63, 3.8) is 0 Å². The molecule has 0 bridgehead atoms. The smallest absolute Gasteiger partial charge is 0.333 e. The van der Waals surface area contributed by atoms with Crippen molar-refractivity contribution in [1.29, 1.82) is 0 Å². The molecule has 0 aromatic rings. The van der Waals surface area contributed by atoms with E-state index in [-0.39, 0.29) is 10.6 Å². The molecule has 4 heteroatoms. The summed E-state index contributed by atoms with van der Waals surface area (Å²) in [5, 5.41) is 0. The second-order valence-electron chi connectivity index (χ2n) is 2.39. The lowest BCUT2D eigenvalue weighted by atomic mass is 10.4. The lowest BCUT2D eigenvalue weighted by molar-refractivity contribution is -0.138. The molecule has 2 nitrogen and oxygen atoms in total. The lowest BCUT2D eigenvalue weighted by Crippen LogP contribution is -2.08. The molecule has 70 valence electrons. The molecule has 0 heterocycles. The van der Waals surface area contributed by atoms with E-state index in [1.807, 2.05) is 6.92 Å². The molecular weight excluding hydrogens is 192 g/mol. The van der Waals surface area contributed by atoms with Gasteiger partial charge in [-0.3, -0.25) is 0 Å². The van der Waals surface area contributed by atoms with Gasteiger partial charge in [0.2, 0.25) is 0 Å². The number of carbonyl (C=O) groups is 1. The number of hydrogen-bond acceptors (Lipinski definition) is 4. The highest BCUT2D eigenvalue weighted by Crippen LogP contribution is 2.12. The average molecular weight is 206 g/mol. The SMILES string of the molecule is C=C(C)C(=O)OCCSC(C)S. The molecule has 0 saturated carbocycles. The van der Waals surface area contributed by atoms with Crippen molar-refractivity contribution in [3.05, 3.63) is 12.2 Å². The Balaban J connectivity index is 3.32. The fourth-order valence-corrected chi connectivity index (χ4v) is 1.31. The molecule has 12 heavy (non-hydrogen) atoms. The summed E-state index contributed by atoms with van der Waals surface area (Å²) in [5.74, 6) is 0.464. The summed E-state index contributed by atoms with van der Waals surface area (Å²) >= 11 is 5.81. The molecule has 0 saturated heterocycles. The molecule has 0 radical (unpaired) electrons. The first-order chi connectivity index (χ1) is 5.54. The highest BCUT2D eigenvalue weighted by molar-refractivity contribution is 8.10. The summed E-state index contributed by atoms with van der Waals surface area (Å²) in [7, 11) is 0. The van der Waals surface area contributed by atoms with E-state index in [0.717, 1.165) is 5.75 Å². The predicted molar refractivity (Wildman–Crippen MR) is 56.7 cm³/mol. The summed E-state index contributed by atoms with van der Waals surface area (Å²) in [6, 6.07) is 0. The van der Waals surface area contributed by atoms with E-state index in [0.29, 0.717) is 12.2 Å². The molecule has 1 unspecified atom stereocenters. The van der Waals surface area contributed by atoms with Gasteiger partial charge in [0.05, 0.1) is 0 Å². The predicted octanol–water partition coefficient (Wildman–Crippen LogP) is 2.11. The first-order valence-corrected chi connectivity index (χ1v) is 5.23. The summed E-state index contributed by atoms with van der Waals surface area (Å²) in [4.78, 5) is 10.8. The second-order valence-corrected chi connectivity index (χ2v) is 4.96. The van der Waals surface area contributed by atoms with Gasteiger partial charge < -0.3 is 4.74 Å². The van der Waals surface area contributed by atoms with E-state index in [1.54, 1.807) is 18.7 Å². The van der Waals surface area contributed by atoms with E-state index < -0.39 is 0 Å². The maximum absolute atomic E-state index is 10.8. The van der Waals surface area contributed by atoms with Gasteiger partial charge in [0.1, 0.15) is 6.61 Å². The van der Waals surface area contributed by atoms with Crippen LogP contribution in [0.1, 0.15) is 13.8 Å². The fourth-order valence-electron chi connectivity index (χ4n) is 0.476. The molecule has 0 amide bonds. The van der Waals surface area contributed by atoms with Crippen molar-refractivity contribution < 1.29 is 9.53 Å². The number of esters is 1. The molecule has 1 atom stereocenters. The van der Waals surface area contributed by atoms with Gasteiger partial charge in [-0.15, -0.1) is 11.8 Å². The van der Waals surface area contributed by atoms with Crippen LogP contribution in [0.25, 0.3) is 0 Å². The van der Waals surface area contributed by atoms with Gasteiger partial charge in [0, 0.05) is 15.9 Å². The summed E-state index contributed by atoms with van der Waals surface area (Å²) in [5.41, 5.74) is 0.443. The number of thioether (sulfide) groups is 1. The number of rotatable bonds is 5. The minimum atomic E-state index is -0.317. The van der Waals surface area contributed by atoms with Crippen molar-refractivity contribution in [2.45, 2.75) is 18.4 Å². The normalized spacial score (nSPS) is 12.2. The second kappa shape index (κ2) is 6.43. The Hall–Kier alpha value is -0.0900. The molecule has 0 spiro atoms. The number of carbonyl (C=O) groups excluding carboxylic acids is 1. The largest absolute Gasteiger partial charge is 0.461 e. The standard InChI is InChI=1S/C8H14O2S2/c1-6(2)8(9)10-4-5-12-7(3)11/h7,11H,1,4-5H2,2-3H3. The van der Waals surface area contributed by atoms with Gasteiger partial charge in [-0.05, 0) is 13.8 Å². The van der Waals surface area contributed by atoms with Crippen LogP contribution in [0, 0.1) is 0 Å². The van der Waals surface area contributed by atoms with Gasteiger partial charge in [-0.25, -0.2) is 4.79 Å². The Morgan fingerprint density at radius 3 is 2.75 bits per heavy atom. The first kappa shape index (κ1) is 11.9. The minimum absolute atomic E-state index is 0.286. The van der Waals surface area contributed by atoms with E-state index in [9.17, 15) is 4.79 Å². The summed E-state index contributed by atoms with van der Waals surface area (Å²) in [6.45, 7) is 7.52. The zero-order valence-corrected chi connectivity index (χ0v) is 9.08. The van der Waals surface area contributed by atoms with Crippen LogP contribution in [0.3, 0.4) is 0 Å². The molecule has 0 aromatic carbocycles. The molecule has 0 N–H and O–H groups in total. The van der Waals surface area contributed by atoms with Crippen molar-refractivity contribution in [1.82, 2.24) is 0 Å². The van der Waals surface area contributed by atoms with Crippen LogP contribution < -0.4 is 0 Å². The third-order valence-corrected chi connectivity index (χ3v) is 2.36. The Kier molecular flexibility index (Phi) is 6.38. The lowest BCUT2D eigenvalue weighted by Gasteiger charge is -2.05. The fraction of sp³-hybridized carbons (Fsp3) is 0.625. The summed E-state index contributed by atoms with van der Waals surface area (Å²) in [6.07, 6.45) is 0. The highest BCUT2D eigenvalue weighted by Gasteiger charge is 2.02. The first-order valence-electron chi connectivity index (χ1n) is 3.66. The zero-order chi connectivity index (χ0) is 9.56. The Labute approximate surface area is 83.2 Å². The van der Waals surface area contributed by atoms with Gasteiger partial charge in [0.15, 0.2) is 0 Å². The zero-order valence-electron chi connectivity index (χ0n) is 7.37. The van der Waals surface area contributed by atoms with E-state index in [1.165, 1.54) is 0 Å². The van der Waals surface area contributed by atoms with Gasteiger partial charge >= 0.3 is 5.97 Å². The van der Waals surface area contributed by atoms with Crippen LogP contribution >= 0.6 is 24.4 Å². The van der Waals surface area contributed by atoms with Crippen molar-refractivity contribution in [3.8, 4) is 0 Å². The van der Waals surface area contributed by atoms with Crippen LogP contribution in [0.5, 0.6) is 0 Å². The number of thiol groups is 1. The van der Waals surface area contributed by atoms with Crippen molar-refractivity contribution in [2.24, 2.45) is 0 Å². The molecular formula is C8H14O2S2. The van der Waals surface area contributed by atoms with Crippen LogP contribution in [0.15, 0.2) is 12.2 Å². The molecule has 0 aromatic heterocycles. The number of hydrogen-bond donors (Lipinski definition) is 1. The molecule has 0 aliphatic heterocycles. The summed E-state index contributed by atoms with van der Waals surface area (Å²) < 4.78 is 5.15. The van der Waals surface area contributed by atoms with Crippen molar-refractivity contribution in [2.75, 3.05) is 12.4 Å². The van der Waals surface area contributed by atoms with Crippen LogP contribution in [-0.4, -0.2) is 22.9 Å². The third-order valence-electron chi connectivity index (χ3n) is 1.02. The molecule has 0 rings (SSSR count). The van der Waals surface area contributed by atoms with E-state index in [4.69, 9.17) is 4.74 Å². The minimum Gasteiger partial charge on any atom is -0.461 e. The monoisotopic (exact) mass is 206 g/mol. The quantitative estimate of drug-likeness (QED) is 0.245. The Bertz CT molecular complexity index is 166. The van der Waals surface area contributed by atoms with Gasteiger partial charge in [-0.2, -0.15) is 12.6 Å². The molecule has 0 fully saturated rings. The highest BCUT2D eigenvalue weighted by atomic mass is 32.2. The van der Waals surface area contributed by atoms with Gasteiger partial charge in [0.25, 0.3) is 0 Å². The molecule has 0 aliphatic carbocycles. The van der Waals surface area contributed by atoms with Crippen molar-refractivity contribution >= 4 is 30.4 Å². The van der Waals surface area contributed by atoms with Gasteiger partial charge in [-0.1, -0.05) is 6.58 Å². The van der Waals surface area contributed by atoms with E-state index >= 15 is 0 Å². The molecule has 0 aliphatic rings. The topological polar surface area (TPSA) is 26.3 Å².